The van der Waals surface area contributed by atoms with Crippen LogP contribution in [-0.2, 0) is 4.79 Å². The van der Waals surface area contributed by atoms with E-state index in [9.17, 15) is 4.79 Å². The van der Waals surface area contributed by atoms with Crippen LogP contribution in [-0.4, -0.2) is 24.2 Å². The number of carbonyl (C=O) groups excluding carboxylic acids is 1. The number of aliphatic hydroxyl groups excluding tert-OH is 1. The van der Waals surface area contributed by atoms with Crippen molar-refractivity contribution >= 4 is 5.91 Å². The minimum Gasteiger partial charge on any atom is -0.395 e. The summed E-state index contributed by atoms with van der Waals surface area (Å²) in [5.41, 5.74) is -0.469. The number of rotatable bonds is 4. The lowest BCUT2D eigenvalue weighted by Gasteiger charge is -2.38. The minimum atomic E-state index is -0.469. The van der Waals surface area contributed by atoms with Crippen molar-refractivity contribution in [3.8, 4) is 0 Å². The van der Waals surface area contributed by atoms with Crippen LogP contribution in [0.3, 0.4) is 0 Å². The Morgan fingerprint density at radius 3 is 2.67 bits per heavy atom. The molecule has 0 saturated heterocycles. The fraction of sp³-hybridized carbons (Fsp3) is 0.667. The van der Waals surface area contributed by atoms with Crippen LogP contribution in [0.1, 0.15) is 19.3 Å². The summed E-state index contributed by atoms with van der Waals surface area (Å²) >= 11 is 0. The standard InChI is InChI=1S/C9H15NO2/c1-2-6-10-8(12)9(7-11)4-3-5-9/h2,11H,1,3-7H2,(H,10,12). The molecular formula is C9H15NO2. The van der Waals surface area contributed by atoms with Gasteiger partial charge in [0.05, 0.1) is 12.0 Å². The van der Waals surface area contributed by atoms with E-state index in [0.717, 1.165) is 19.3 Å². The Hall–Kier alpha value is -0.830. The number of aliphatic hydroxyl groups is 1. The molecule has 1 fully saturated rings. The van der Waals surface area contributed by atoms with Crippen LogP contribution in [0.5, 0.6) is 0 Å². The zero-order valence-corrected chi connectivity index (χ0v) is 7.18. The van der Waals surface area contributed by atoms with Crippen LogP contribution in [0.2, 0.25) is 0 Å². The fourth-order valence-corrected chi connectivity index (χ4v) is 1.41. The first kappa shape index (κ1) is 9.26. The van der Waals surface area contributed by atoms with Crippen LogP contribution < -0.4 is 5.32 Å². The third-order valence-corrected chi connectivity index (χ3v) is 2.50. The van der Waals surface area contributed by atoms with Gasteiger partial charge in [-0.3, -0.25) is 4.79 Å². The van der Waals surface area contributed by atoms with Crippen molar-refractivity contribution < 1.29 is 9.90 Å². The molecule has 3 heteroatoms. The molecule has 1 aliphatic rings. The van der Waals surface area contributed by atoms with Crippen LogP contribution >= 0.6 is 0 Å². The fourth-order valence-electron chi connectivity index (χ4n) is 1.41. The molecule has 3 nitrogen and oxygen atoms in total. The van der Waals surface area contributed by atoms with Gasteiger partial charge >= 0.3 is 0 Å². The van der Waals surface area contributed by atoms with Crippen molar-refractivity contribution in [1.29, 1.82) is 0 Å². The predicted molar refractivity (Wildman–Crippen MR) is 46.6 cm³/mol. The van der Waals surface area contributed by atoms with Gasteiger partial charge in [0.1, 0.15) is 0 Å². The molecule has 2 N–H and O–H groups in total. The maximum Gasteiger partial charge on any atom is 0.228 e. The monoisotopic (exact) mass is 169 g/mol. The molecule has 1 saturated carbocycles. The average Bonchev–Trinajstić information content (AvgIpc) is 2.00. The van der Waals surface area contributed by atoms with E-state index in [-0.39, 0.29) is 12.5 Å². The van der Waals surface area contributed by atoms with E-state index in [1.54, 1.807) is 6.08 Å². The number of nitrogens with one attached hydrogen (secondary N) is 1. The minimum absolute atomic E-state index is 0.0313. The molecule has 0 aromatic carbocycles. The largest absolute Gasteiger partial charge is 0.395 e. The molecule has 0 aromatic heterocycles. The lowest BCUT2D eigenvalue weighted by atomic mass is 9.69. The van der Waals surface area contributed by atoms with Gasteiger partial charge in [0, 0.05) is 6.54 Å². The SMILES string of the molecule is C=CCNC(=O)C1(CO)CCC1. The zero-order valence-electron chi connectivity index (χ0n) is 7.18. The second-order valence-electron chi connectivity index (χ2n) is 3.29. The first-order chi connectivity index (χ1) is 5.75. The molecule has 0 aromatic rings. The summed E-state index contributed by atoms with van der Waals surface area (Å²) in [7, 11) is 0. The van der Waals surface area contributed by atoms with Gasteiger partial charge in [0.2, 0.25) is 5.91 Å². The summed E-state index contributed by atoms with van der Waals surface area (Å²) in [4.78, 5) is 11.4. The molecule has 68 valence electrons. The van der Waals surface area contributed by atoms with E-state index in [2.05, 4.69) is 11.9 Å². The number of hydrogen-bond donors (Lipinski definition) is 2. The average molecular weight is 169 g/mol. The molecule has 0 unspecified atom stereocenters. The molecule has 0 heterocycles. The van der Waals surface area contributed by atoms with E-state index >= 15 is 0 Å². The summed E-state index contributed by atoms with van der Waals surface area (Å²) < 4.78 is 0. The highest BCUT2D eigenvalue weighted by molar-refractivity contribution is 5.83. The first-order valence-electron chi connectivity index (χ1n) is 4.25. The zero-order chi connectivity index (χ0) is 9.03. The van der Waals surface area contributed by atoms with Gasteiger partial charge in [0.25, 0.3) is 0 Å². The highest BCUT2D eigenvalue weighted by atomic mass is 16.3. The lowest BCUT2D eigenvalue weighted by molar-refractivity contribution is -0.139. The van der Waals surface area contributed by atoms with E-state index in [0.29, 0.717) is 6.54 Å². The number of hydrogen-bond acceptors (Lipinski definition) is 2. The molecule has 0 atom stereocenters. The number of amides is 1. The lowest BCUT2D eigenvalue weighted by Crippen LogP contribution is -2.48. The van der Waals surface area contributed by atoms with Gasteiger partial charge in [0.15, 0.2) is 0 Å². The molecule has 1 rings (SSSR count). The third kappa shape index (κ3) is 1.50. The Kier molecular flexibility index (Phi) is 2.87. The van der Waals surface area contributed by atoms with Crippen molar-refractivity contribution in [2.24, 2.45) is 5.41 Å². The first-order valence-corrected chi connectivity index (χ1v) is 4.25. The Morgan fingerprint density at radius 1 is 1.67 bits per heavy atom. The highest BCUT2D eigenvalue weighted by Crippen LogP contribution is 2.40. The Morgan fingerprint density at radius 2 is 2.33 bits per heavy atom. The predicted octanol–water partition coefficient (Wildman–Crippen LogP) is 0.451. The Labute approximate surface area is 72.5 Å². The molecule has 0 spiro atoms. The van der Waals surface area contributed by atoms with Crippen LogP contribution in [0, 0.1) is 5.41 Å². The van der Waals surface area contributed by atoms with Crippen molar-refractivity contribution in [2.45, 2.75) is 19.3 Å². The topological polar surface area (TPSA) is 49.3 Å². The number of carbonyl (C=O) groups is 1. The van der Waals surface area contributed by atoms with Crippen LogP contribution in [0.4, 0.5) is 0 Å². The molecule has 0 radical (unpaired) electrons. The molecule has 0 bridgehead atoms. The molecule has 1 aliphatic carbocycles. The highest BCUT2D eigenvalue weighted by Gasteiger charge is 2.43. The summed E-state index contributed by atoms with van der Waals surface area (Å²) in [5.74, 6) is -0.0313. The van der Waals surface area contributed by atoms with E-state index < -0.39 is 5.41 Å². The van der Waals surface area contributed by atoms with Gasteiger partial charge < -0.3 is 10.4 Å². The Bertz CT molecular complexity index is 179. The molecular weight excluding hydrogens is 154 g/mol. The van der Waals surface area contributed by atoms with Crippen LogP contribution in [0.15, 0.2) is 12.7 Å². The molecule has 0 aliphatic heterocycles. The second-order valence-corrected chi connectivity index (χ2v) is 3.29. The van der Waals surface area contributed by atoms with E-state index in [1.807, 2.05) is 0 Å². The summed E-state index contributed by atoms with van der Waals surface area (Å²) in [5, 5.41) is 11.7. The normalized spacial score (nSPS) is 19.4. The van der Waals surface area contributed by atoms with Crippen molar-refractivity contribution in [3.05, 3.63) is 12.7 Å². The summed E-state index contributed by atoms with van der Waals surface area (Å²) in [6.45, 7) is 3.96. The maximum absolute atomic E-state index is 11.4. The van der Waals surface area contributed by atoms with Gasteiger partial charge in [-0.1, -0.05) is 12.5 Å². The van der Waals surface area contributed by atoms with Gasteiger partial charge in [-0.05, 0) is 12.8 Å². The molecule has 12 heavy (non-hydrogen) atoms. The third-order valence-electron chi connectivity index (χ3n) is 2.50. The second kappa shape index (κ2) is 3.72. The van der Waals surface area contributed by atoms with Crippen LogP contribution in [0.25, 0.3) is 0 Å². The van der Waals surface area contributed by atoms with Gasteiger partial charge in [-0.25, -0.2) is 0 Å². The van der Waals surface area contributed by atoms with E-state index in [1.165, 1.54) is 0 Å². The smallest absolute Gasteiger partial charge is 0.228 e. The molecule has 1 amide bonds. The maximum atomic E-state index is 11.4. The quantitative estimate of drug-likeness (QED) is 0.600. The summed E-state index contributed by atoms with van der Waals surface area (Å²) in [6, 6.07) is 0. The van der Waals surface area contributed by atoms with Crippen molar-refractivity contribution in [1.82, 2.24) is 5.32 Å². The van der Waals surface area contributed by atoms with Gasteiger partial charge in [-0.15, -0.1) is 6.58 Å². The summed E-state index contributed by atoms with van der Waals surface area (Å²) in [6.07, 6.45) is 4.31. The van der Waals surface area contributed by atoms with Gasteiger partial charge in [-0.2, -0.15) is 0 Å². The Balaban J connectivity index is 2.43. The van der Waals surface area contributed by atoms with Crippen molar-refractivity contribution in [2.75, 3.05) is 13.2 Å². The van der Waals surface area contributed by atoms with Crippen molar-refractivity contribution in [3.63, 3.8) is 0 Å². The van der Waals surface area contributed by atoms with E-state index in [4.69, 9.17) is 5.11 Å².